The quantitative estimate of drug-likeness (QED) is 0.202. The highest BCUT2D eigenvalue weighted by atomic mass is 14.4. The number of benzene rings is 7. The predicted molar refractivity (Wildman–Crippen MR) is 187 cm³/mol. The lowest BCUT2D eigenvalue weighted by Crippen LogP contribution is -2.32. The molecule has 0 aromatic heterocycles. The van der Waals surface area contributed by atoms with Crippen molar-refractivity contribution in [3.63, 3.8) is 0 Å². The van der Waals surface area contributed by atoms with E-state index in [2.05, 4.69) is 164 Å². The van der Waals surface area contributed by atoms with E-state index >= 15 is 0 Å². The molecule has 0 heteroatoms. The number of hydrogen-bond acceptors (Lipinski definition) is 0. The van der Waals surface area contributed by atoms with Crippen molar-refractivity contribution in [2.75, 3.05) is 0 Å². The molecule has 9 rings (SSSR count). The van der Waals surface area contributed by atoms with E-state index in [9.17, 15) is 0 Å². The molecular formula is C44H32. The number of allylic oxidation sites excluding steroid dienone is 4. The van der Waals surface area contributed by atoms with Gasteiger partial charge in [-0.2, -0.15) is 0 Å². The van der Waals surface area contributed by atoms with Crippen molar-refractivity contribution in [1.82, 2.24) is 0 Å². The van der Waals surface area contributed by atoms with Crippen LogP contribution >= 0.6 is 0 Å². The fourth-order valence-corrected chi connectivity index (χ4v) is 8.19. The van der Waals surface area contributed by atoms with Crippen LogP contribution in [0.25, 0.3) is 49.0 Å². The molecule has 208 valence electrons. The predicted octanol–water partition coefficient (Wildman–Crippen LogP) is 11.4. The van der Waals surface area contributed by atoms with Gasteiger partial charge in [0, 0.05) is 5.92 Å². The van der Waals surface area contributed by atoms with Crippen LogP contribution in [0, 0.1) is 11.8 Å². The van der Waals surface area contributed by atoms with E-state index in [0.29, 0.717) is 11.8 Å². The van der Waals surface area contributed by atoms with E-state index in [1.807, 2.05) is 0 Å². The molecular weight excluding hydrogens is 528 g/mol. The molecule has 7 aromatic rings. The summed E-state index contributed by atoms with van der Waals surface area (Å²) in [5.41, 5.74) is 9.87. The summed E-state index contributed by atoms with van der Waals surface area (Å²) in [5.74, 6) is 0.954. The minimum atomic E-state index is 0.229. The Kier molecular flexibility index (Phi) is 5.87. The Bertz CT molecular complexity index is 2270. The van der Waals surface area contributed by atoms with E-state index in [4.69, 9.17) is 0 Å². The first-order chi connectivity index (χ1) is 21.8. The van der Waals surface area contributed by atoms with Crippen LogP contribution in [-0.4, -0.2) is 0 Å². The lowest BCUT2D eigenvalue weighted by Gasteiger charge is -2.43. The molecule has 0 bridgehead atoms. The van der Waals surface area contributed by atoms with Gasteiger partial charge < -0.3 is 0 Å². The van der Waals surface area contributed by atoms with Gasteiger partial charge in [0.1, 0.15) is 0 Å². The van der Waals surface area contributed by atoms with E-state index in [-0.39, 0.29) is 5.92 Å². The van der Waals surface area contributed by atoms with E-state index < -0.39 is 0 Å². The molecule has 0 N–H and O–H groups in total. The van der Waals surface area contributed by atoms with Gasteiger partial charge in [-0.05, 0) is 95.6 Å². The summed E-state index contributed by atoms with van der Waals surface area (Å²) in [6, 6.07) is 54.2. The molecule has 0 heterocycles. The molecule has 3 atom stereocenters. The third kappa shape index (κ3) is 3.98. The Morgan fingerprint density at radius 3 is 2.02 bits per heavy atom. The molecule has 2 aliphatic rings. The van der Waals surface area contributed by atoms with Crippen LogP contribution in [0.5, 0.6) is 0 Å². The van der Waals surface area contributed by atoms with Crippen LogP contribution in [0.1, 0.15) is 28.2 Å². The fraction of sp³-hybridized carbons (Fsp3) is 0.0909. The lowest BCUT2D eigenvalue weighted by atomic mass is 9.60. The Labute approximate surface area is 258 Å². The maximum absolute atomic E-state index is 2.51. The molecule has 0 aliphatic heterocycles. The average Bonchev–Trinajstić information content (AvgIpc) is 3.09. The molecule has 0 nitrogen and oxygen atoms in total. The summed E-state index contributed by atoms with van der Waals surface area (Å²) in [4.78, 5) is 0. The minimum absolute atomic E-state index is 0.229. The molecule has 0 radical (unpaired) electrons. The largest absolute Gasteiger partial charge is 0.0798 e. The molecule has 0 fully saturated rings. The van der Waals surface area contributed by atoms with Crippen LogP contribution in [0.3, 0.4) is 0 Å². The first-order valence-corrected chi connectivity index (χ1v) is 15.8. The van der Waals surface area contributed by atoms with Gasteiger partial charge >= 0.3 is 0 Å². The minimum Gasteiger partial charge on any atom is -0.0798 e. The van der Waals surface area contributed by atoms with E-state index in [1.54, 1.807) is 0 Å². The molecule has 0 amide bonds. The Balaban J connectivity index is 1.29. The third-order valence-corrected chi connectivity index (χ3v) is 10.1. The third-order valence-electron chi connectivity index (χ3n) is 10.1. The summed E-state index contributed by atoms with van der Waals surface area (Å²) in [6.45, 7) is 0. The Hall–Kier alpha value is -5.20. The second-order valence-corrected chi connectivity index (χ2v) is 12.4. The smallest absolute Gasteiger partial charge is 0.0173 e. The molecule has 0 spiro atoms. The Morgan fingerprint density at radius 2 is 1.16 bits per heavy atom. The first-order valence-electron chi connectivity index (χ1n) is 15.8. The molecule has 3 unspecified atom stereocenters. The van der Waals surface area contributed by atoms with Gasteiger partial charge in [-0.25, -0.2) is 0 Å². The van der Waals surface area contributed by atoms with E-state index in [1.165, 1.54) is 71.3 Å². The van der Waals surface area contributed by atoms with Crippen molar-refractivity contribution in [1.29, 1.82) is 0 Å². The highest BCUT2D eigenvalue weighted by Crippen LogP contribution is 2.54. The van der Waals surface area contributed by atoms with Crippen LogP contribution in [0.15, 0.2) is 164 Å². The van der Waals surface area contributed by atoms with Crippen molar-refractivity contribution in [3.05, 3.63) is 186 Å². The normalized spacial score (nSPS) is 19.1. The van der Waals surface area contributed by atoms with Gasteiger partial charge in [0.25, 0.3) is 0 Å². The van der Waals surface area contributed by atoms with Crippen LogP contribution in [-0.2, 0) is 6.42 Å². The second kappa shape index (κ2) is 10.2. The highest BCUT2D eigenvalue weighted by Gasteiger charge is 2.41. The zero-order valence-corrected chi connectivity index (χ0v) is 24.5. The topological polar surface area (TPSA) is 0 Å². The SMILES string of the molecule is C1=CC2C(Cc3cccc(-c4ccc5ccccc5c4)c3C2c2cccc3ccccc23)C(c2cccc3ccccc23)=C1. The Morgan fingerprint density at radius 1 is 0.500 bits per heavy atom. The van der Waals surface area contributed by atoms with Gasteiger partial charge in [-0.15, -0.1) is 0 Å². The van der Waals surface area contributed by atoms with Crippen molar-refractivity contribution in [2.24, 2.45) is 11.8 Å². The van der Waals surface area contributed by atoms with Gasteiger partial charge in [0.15, 0.2) is 0 Å². The zero-order valence-electron chi connectivity index (χ0n) is 24.5. The highest BCUT2D eigenvalue weighted by molar-refractivity contribution is 5.96. The average molecular weight is 561 g/mol. The number of fused-ring (bicyclic) bond motifs is 5. The summed E-state index contributed by atoms with van der Waals surface area (Å²) in [6.07, 6.45) is 8.26. The molecule has 44 heavy (non-hydrogen) atoms. The van der Waals surface area contributed by atoms with Gasteiger partial charge in [-0.1, -0.05) is 158 Å². The number of hydrogen-bond donors (Lipinski definition) is 0. The summed E-state index contributed by atoms with van der Waals surface area (Å²) >= 11 is 0. The zero-order chi connectivity index (χ0) is 29.0. The number of rotatable bonds is 3. The monoisotopic (exact) mass is 560 g/mol. The van der Waals surface area contributed by atoms with Crippen molar-refractivity contribution < 1.29 is 0 Å². The molecule has 0 saturated heterocycles. The second-order valence-electron chi connectivity index (χ2n) is 12.4. The fourth-order valence-electron chi connectivity index (χ4n) is 8.19. The first kappa shape index (κ1) is 25.3. The molecule has 0 saturated carbocycles. The van der Waals surface area contributed by atoms with Gasteiger partial charge in [0.2, 0.25) is 0 Å². The maximum atomic E-state index is 2.51. The molecule has 2 aliphatic carbocycles. The van der Waals surface area contributed by atoms with Crippen molar-refractivity contribution in [2.45, 2.75) is 12.3 Å². The summed E-state index contributed by atoms with van der Waals surface area (Å²) < 4.78 is 0. The van der Waals surface area contributed by atoms with Gasteiger partial charge in [-0.3, -0.25) is 0 Å². The van der Waals surface area contributed by atoms with Crippen LogP contribution in [0.4, 0.5) is 0 Å². The molecule has 7 aromatic carbocycles. The standard InChI is InChI=1S/C44H32/c1-2-14-32-27-33(26-25-29(32)11-1)37-20-9-17-34-28-42-39(38-21-7-15-30-12-3-5-18-35(30)38)22-10-24-41(42)44(43(34)37)40-23-8-16-31-13-4-6-19-36(31)40/h1-27,41-42,44H,28H2. The maximum Gasteiger partial charge on any atom is 0.0173 e. The van der Waals surface area contributed by atoms with Crippen LogP contribution in [0.2, 0.25) is 0 Å². The van der Waals surface area contributed by atoms with Crippen molar-refractivity contribution in [3.8, 4) is 11.1 Å². The lowest BCUT2D eigenvalue weighted by molar-refractivity contribution is 0.409. The van der Waals surface area contributed by atoms with Crippen LogP contribution < -0.4 is 0 Å². The van der Waals surface area contributed by atoms with E-state index in [0.717, 1.165) is 6.42 Å². The summed E-state index contributed by atoms with van der Waals surface area (Å²) in [7, 11) is 0. The van der Waals surface area contributed by atoms with Crippen molar-refractivity contribution >= 4 is 37.9 Å². The summed E-state index contributed by atoms with van der Waals surface area (Å²) in [5, 5.41) is 7.88. The van der Waals surface area contributed by atoms with Gasteiger partial charge in [0.05, 0.1) is 0 Å².